The number of allylic oxidation sites excluding steroid dienone is 1. The van der Waals surface area contributed by atoms with Gasteiger partial charge in [0.15, 0.2) is 0 Å². The average molecular weight is 366 g/mol. The molecule has 2 amide bonds. The van der Waals surface area contributed by atoms with Crippen LogP contribution in [0.1, 0.15) is 35.2 Å². The maximum Gasteiger partial charge on any atom is 0.338 e. The number of hydrogen-bond acceptors (Lipinski definition) is 4. The molecule has 5 nitrogen and oxygen atoms in total. The fourth-order valence-corrected chi connectivity index (χ4v) is 3.54. The van der Waals surface area contributed by atoms with Gasteiger partial charge in [-0.2, -0.15) is 0 Å². The van der Waals surface area contributed by atoms with Crippen molar-refractivity contribution < 1.29 is 14.3 Å². The van der Waals surface area contributed by atoms with Crippen LogP contribution in [0.5, 0.6) is 0 Å². The number of ether oxygens (including phenoxy) is 1. The lowest BCUT2D eigenvalue weighted by atomic mass is 10.0. The van der Waals surface area contributed by atoms with Gasteiger partial charge < -0.3 is 15.4 Å². The summed E-state index contributed by atoms with van der Waals surface area (Å²) in [4.78, 5) is 25.9. The summed E-state index contributed by atoms with van der Waals surface area (Å²) in [7, 11) is 0. The Morgan fingerprint density at radius 2 is 1.96 bits per heavy atom. The van der Waals surface area contributed by atoms with Crippen LogP contribution in [-0.2, 0) is 9.53 Å². The molecule has 1 aliphatic heterocycles. The molecule has 0 spiro atoms. The van der Waals surface area contributed by atoms with E-state index in [0.29, 0.717) is 11.3 Å². The van der Waals surface area contributed by atoms with E-state index >= 15 is 0 Å². The van der Waals surface area contributed by atoms with Gasteiger partial charge in [0.05, 0.1) is 23.1 Å². The molecule has 0 saturated carbocycles. The Bertz CT molecular complexity index is 919. The van der Waals surface area contributed by atoms with Crippen molar-refractivity contribution in [3.63, 3.8) is 0 Å². The van der Waals surface area contributed by atoms with Crippen LogP contribution < -0.4 is 10.6 Å². The van der Waals surface area contributed by atoms with Gasteiger partial charge in [-0.15, -0.1) is 11.3 Å². The molecule has 2 N–H and O–H groups in total. The molecule has 0 saturated heterocycles. The first kappa shape index (κ1) is 17.8. The number of carbonyl (C=O) groups is 2. The highest BCUT2D eigenvalue weighted by Crippen LogP contribution is 2.32. The summed E-state index contributed by atoms with van der Waals surface area (Å²) in [5.74, 6) is 5.79. The number of carbonyl (C=O) groups excluding carboxylic acids is 2. The van der Waals surface area contributed by atoms with Crippen molar-refractivity contribution in [2.45, 2.75) is 19.9 Å². The van der Waals surface area contributed by atoms with Crippen molar-refractivity contribution in [3.05, 3.63) is 69.1 Å². The zero-order valence-corrected chi connectivity index (χ0v) is 15.3. The molecule has 3 rings (SSSR count). The van der Waals surface area contributed by atoms with E-state index in [0.717, 1.165) is 15.3 Å². The molecular weight excluding hydrogens is 348 g/mol. The minimum absolute atomic E-state index is 0.272. The summed E-state index contributed by atoms with van der Waals surface area (Å²) >= 11 is 1.44. The first-order valence-electron chi connectivity index (χ1n) is 8.20. The molecule has 0 unspecified atom stereocenters. The van der Waals surface area contributed by atoms with E-state index in [1.54, 1.807) is 13.8 Å². The third kappa shape index (κ3) is 3.95. The Hall–Kier alpha value is -3.04. The first-order valence-corrected chi connectivity index (χ1v) is 9.02. The van der Waals surface area contributed by atoms with Gasteiger partial charge in [-0.1, -0.05) is 30.0 Å². The molecule has 1 aromatic carbocycles. The molecule has 2 heterocycles. The van der Waals surface area contributed by atoms with Gasteiger partial charge >= 0.3 is 12.0 Å². The summed E-state index contributed by atoms with van der Waals surface area (Å²) in [5, 5.41) is 5.42. The fraction of sp³-hybridized carbons (Fsp3) is 0.200. The standard InChI is InChI=1S/C20H18N2O3S/c1-3-25-19(23)17-13(2)21-20(24)22-18(17)16-12-11-15(26-16)10-9-14-7-5-4-6-8-14/h4-8,11-12,18H,3H2,1-2H3,(H2,21,22,24)/t18-/m0/s1. The minimum atomic E-state index is -0.542. The van der Waals surface area contributed by atoms with Gasteiger partial charge in [0.25, 0.3) is 0 Å². The molecule has 0 radical (unpaired) electrons. The van der Waals surface area contributed by atoms with Crippen molar-refractivity contribution >= 4 is 23.3 Å². The second-order valence-electron chi connectivity index (χ2n) is 5.61. The van der Waals surface area contributed by atoms with E-state index in [1.807, 2.05) is 42.5 Å². The number of urea groups is 1. The number of amides is 2. The molecular formula is C20H18N2O3S. The van der Waals surface area contributed by atoms with Gasteiger partial charge in [-0.05, 0) is 38.1 Å². The second-order valence-corrected chi connectivity index (χ2v) is 6.72. The lowest BCUT2D eigenvalue weighted by Crippen LogP contribution is -2.45. The topological polar surface area (TPSA) is 67.4 Å². The Labute approximate surface area is 156 Å². The van der Waals surface area contributed by atoms with Gasteiger partial charge in [0, 0.05) is 16.1 Å². The molecule has 6 heteroatoms. The predicted molar refractivity (Wildman–Crippen MR) is 100 cm³/mol. The highest BCUT2D eigenvalue weighted by atomic mass is 32.1. The Balaban J connectivity index is 1.89. The lowest BCUT2D eigenvalue weighted by Gasteiger charge is -2.26. The van der Waals surface area contributed by atoms with Gasteiger partial charge in [-0.25, -0.2) is 9.59 Å². The minimum Gasteiger partial charge on any atom is -0.463 e. The molecule has 0 aliphatic carbocycles. The van der Waals surface area contributed by atoms with Crippen LogP contribution in [0.15, 0.2) is 53.7 Å². The fourth-order valence-electron chi connectivity index (χ4n) is 2.62. The summed E-state index contributed by atoms with van der Waals surface area (Å²) in [6, 6.07) is 12.6. The maximum atomic E-state index is 12.3. The van der Waals surface area contributed by atoms with Crippen LogP contribution in [0.2, 0.25) is 0 Å². The monoisotopic (exact) mass is 366 g/mol. The smallest absolute Gasteiger partial charge is 0.338 e. The number of thiophene rings is 1. The molecule has 1 aliphatic rings. The third-order valence-corrected chi connectivity index (χ3v) is 4.85. The predicted octanol–water partition coefficient (Wildman–Crippen LogP) is 3.34. The molecule has 0 fully saturated rings. The summed E-state index contributed by atoms with van der Waals surface area (Å²) in [6.45, 7) is 3.72. The summed E-state index contributed by atoms with van der Waals surface area (Å²) in [5.41, 5.74) is 1.85. The zero-order valence-electron chi connectivity index (χ0n) is 14.5. The number of nitrogens with one attached hydrogen (secondary N) is 2. The molecule has 1 atom stereocenters. The molecule has 0 bridgehead atoms. The normalized spacial score (nSPS) is 16.2. The van der Waals surface area contributed by atoms with E-state index in [9.17, 15) is 9.59 Å². The third-order valence-electron chi connectivity index (χ3n) is 3.78. The van der Waals surface area contributed by atoms with E-state index < -0.39 is 12.0 Å². The van der Waals surface area contributed by atoms with Crippen LogP contribution in [0.4, 0.5) is 4.79 Å². The Kier molecular flexibility index (Phi) is 5.40. The number of hydrogen-bond donors (Lipinski definition) is 2. The lowest BCUT2D eigenvalue weighted by molar-refractivity contribution is -0.139. The van der Waals surface area contributed by atoms with Crippen LogP contribution >= 0.6 is 11.3 Å². The van der Waals surface area contributed by atoms with Crippen molar-refractivity contribution in [2.75, 3.05) is 6.61 Å². The van der Waals surface area contributed by atoms with Crippen molar-refractivity contribution in [3.8, 4) is 11.8 Å². The first-order chi connectivity index (χ1) is 12.6. The quantitative estimate of drug-likeness (QED) is 0.647. The number of benzene rings is 1. The van der Waals surface area contributed by atoms with E-state index in [2.05, 4.69) is 22.5 Å². The highest BCUT2D eigenvalue weighted by Gasteiger charge is 2.32. The van der Waals surface area contributed by atoms with Gasteiger partial charge in [0.2, 0.25) is 0 Å². The maximum absolute atomic E-state index is 12.3. The summed E-state index contributed by atoms with van der Waals surface area (Å²) in [6.07, 6.45) is 0. The van der Waals surface area contributed by atoms with E-state index in [-0.39, 0.29) is 12.6 Å². The van der Waals surface area contributed by atoms with Crippen molar-refractivity contribution in [1.82, 2.24) is 10.6 Å². The van der Waals surface area contributed by atoms with Crippen LogP contribution in [0, 0.1) is 11.8 Å². The van der Waals surface area contributed by atoms with Crippen LogP contribution in [-0.4, -0.2) is 18.6 Å². The van der Waals surface area contributed by atoms with Gasteiger partial charge in [-0.3, -0.25) is 0 Å². The van der Waals surface area contributed by atoms with Crippen LogP contribution in [0.25, 0.3) is 0 Å². The van der Waals surface area contributed by atoms with E-state index in [4.69, 9.17) is 4.74 Å². The molecule has 2 aromatic rings. The zero-order chi connectivity index (χ0) is 18.5. The number of esters is 1. The summed E-state index contributed by atoms with van der Waals surface area (Å²) < 4.78 is 5.14. The largest absolute Gasteiger partial charge is 0.463 e. The molecule has 1 aromatic heterocycles. The highest BCUT2D eigenvalue weighted by molar-refractivity contribution is 7.12. The van der Waals surface area contributed by atoms with Crippen molar-refractivity contribution in [1.29, 1.82) is 0 Å². The second kappa shape index (κ2) is 7.89. The number of rotatable bonds is 3. The van der Waals surface area contributed by atoms with Gasteiger partial charge in [0.1, 0.15) is 0 Å². The van der Waals surface area contributed by atoms with E-state index in [1.165, 1.54) is 11.3 Å². The Morgan fingerprint density at radius 3 is 2.69 bits per heavy atom. The van der Waals surface area contributed by atoms with Crippen LogP contribution in [0.3, 0.4) is 0 Å². The molecule has 132 valence electrons. The average Bonchev–Trinajstić information content (AvgIpc) is 3.09. The molecule has 26 heavy (non-hydrogen) atoms. The van der Waals surface area contributed by atoms with Crippen molar-refractivity contribution in [2.24, 2.45) is 0 Å². The Morgan fingerprint density at radius 1 is 1.19 bits per heavy atom. The SMILES string of the molecule is CCOC(=O)C1=C(C)NC(=O)N[C@H]1c1ccc(C#Cc2ccccc2)s1.